The number of likely N-dealkylation sites (N-methyl/N-ethyl adjacent to an activating group) is 1. The number of piperidine rings is 1. The number of aliphatic hydroxyl groups excluding tert-OH is 1. The van der Waals surface area contributed by atoms with E-state index in [0.29, 0.717) is 23.2 Å². The number of aliphatic hydroxyl groups is 1. The number of benzene rings is 1. The fourth-order valence-corrected chi connectivity index (χ4v) is 5.10. The molecule has 1 N–H and O–H groups in total. The highest BCUT2D eigenvalue weighted by atomic mass is 35.5. The molecule has 0 atom stereocenters. The van der Waals surface area contributed by atoms with Crippen molar-refractivity contribution in [2.24, 2.45) is 0 Å². The van der Waals surface area contributed by atoms with Gasteiger partial charge in [0.25, 0.3) is 0 Å². The van der Waals surface area contributed by atoms with Gasteiger partial charge in [-0.25, -0.2) is 9.97 Å². The number of hydrogen-bond donors (Lipinski definition) is 1. The summed E-state index contributed by atoms with van der Waals surface area (Å²) in [6, 6.07) is 5.76. The van der Waals surface area contributed by atoms with Crippen molar-refractivity contribution in [2.45, 2.75) is 36.5 Å². The van der Waals surface area contributed by atoms with Crippen LogP contribution in [0.1, 0.15) is 37.1 Å². The second kappa shape index (κ2) is 7.73. The summed E-state index contributed by atoms with van der Waals surface area (Å²) in [7, 11) is 1.85. The van der Waals surface area contributed by atoms with E-state index in [9.17, 15) is 9.90 Å². The molecule has 1 aliphatic carbocycles. The molecule has 3 aliphatic rings. The van der Waals surface area contributed by atoms with Gasteiger partial charge in [-0.2, -0.15) is 0 Å². The zero-order valence-corrected chi connectivity index (χ0v) is 18.4. The van der Waals surface area contributed by atoms with Crippen LogP contribution in [0.4, 0.5) is 5.69 Å². The fraction of sp³-hybridized carbons (Fsp3) is 0.522. The van der Waals surface area contributed by atoms with Crippen LogP contribution in [0.3, 0.4) is 0 Å². The lowest BCUT2D eigenvalue weighted by Gasteiger charge is -2.38. The number of halogens is 1. The maximum absolute atomic E-state index is 13.1. The van der Waals surface area contributed by atoms with Gasteiger partial charge in [-0.1, -0.05) is 11.6 Å². The van der Waals surface area contributed by atoms with Crippen molar-refractivity contribution in [2.75, 3.05) is 44.8 Å². The summed E-state index contributed by atoms with van der Waals surface area (Å²) >= 11 is 6.24. The number of nitrogens with zero attached hydrogens (tertiary/aromatic N) is 4. The van der Waals surface area contributed by atoms with Gasteiger partial charge in [0, 0.05) is 24.3 Å². The highest BCUT2D eigenvalue weighted by Crippen LogP contribution is 2.48. The Kier molecular flexibility index (Phi) is 5.15. The van der Waals surface area contributed by atoms with Crippen LogP contribution in [-0.2, 0) is 15.6 Å². The number of ether oxygens (including phenoxy) is 1. The Morgan fingerprint density at radius 3 is 2.52 bits per heavy atom. The number of hydrogen-bond acceptors (Lipinski definition) is 6. The molecule has 1 saturated heterocycles. The Hall–Kier alpha value is -2.22. The minimum atomic E-state index is -0.457. The van der Waals surface area contributed by atoms with Crippen molar-refractivity contribution in [1.29, 1.82) is 0 Å². The summed E-state index contributed by atoms with van der Waals surface area (Å²) in [6.07, 6.45) is 6.83. The van der Waals surface area contributed by atoms with E-state index in [1.54, 1.807) is 17.3 Å². The maximum atomic E-state index is 13.1. The van der Waals surface area contributed by atoms with E-state index < -0.39 is 5.41 Å². The third-order valence-electron chi connectivity index (χ3n) is 7.19. The summed E-state index contributed by atoms with van der Waals surface area (Å²) in [5.41, 5.74) is 1.36. The summed E-state index contributed by atoms with van der Waals surface area (Å²) in [4.78, 5) is 26.0. The minimum Gasteiger partial charge on any atom is -0.489 e. The van der Waals surface area contributed by atoms with Gasteiger partial charge >= 0.3 is 0 Å². The van der Waals surface area contributed by atoms with Crippen LogP contribution in [0.15, 0.2) is 30.6 Å². The molecule has 0 bridgehead atoms. The molecular formula is C23H27ClN4O3. The molecule has 3 heterocycles. The molecule has 1 aromatic carbocycles. The van der Waals surface area contributed by atoms with E-state index in [-0.39, 0.29) is 17.9 Å². The first kappa shape index (κ1) is 20.7. The molecule has 7 nitrogen and oxygen atoms in total. The number of rotatable bonds is 6. The molecule has 1 spiro atoms. The lowest BCUT2D eigenvalue weighted by molar-refractivity contribution is -0.124. The molecule has 5 rings (SSSR count). The van der Waals surface area contributed by atoms with Gasteiger partial charge in [0.2, 0.25) is 5.91 Å². The fourth-order valence-electron chi connectivity index (χ4n) is 4.93. The van der Waals surface area contributed by atoms with Crippen molar-refractivity contribution in [3.63, 3.8) is 0 Å². The molecule has 1 aromatic heterocycles. The van der Waals surface area contributed by atoms with Crippen LogP contribution in [-0.4, -0.2) is 65.8 Å². The molecule has 2 aromatic rings. The first-order chi connectivity index (χ1) is 15.0. The molecule has 0 unspecified atom stereocenters. The van der Waals surface area contributed by atoms with Gasteiger partial charge < -0.3 is 14.7 Å². The molecule has 1 saturated carbocycles. The smallest absolute Gasteiger partial charge is 0.237 e. The Morgan fingerprint density at radius 2 is 1.87 bits per heavy atom. The number of amides is 1. The van der Waals surface area contributed by atoms with Crippen LogP contribution in [0.25, 0.3) is 0 Å². The van der Waals surface area contributed by atoms with E-state index >= 15 is 0 Å². The van der Waals surface area contributed by atoms with Gasteiger partial charge in [-0.3, -0.25) is 9.69 Å². The molecule has 8 heteroatoms. The predicted molar refractivity (Wildman–Crippen MR) is 118 cm³/mol. The maximum Gasteiger partial charge on any atom is 0.237 e. The van der Waals surface area contributed by atoms with Crippen LogP contribution in [0.2, 0.25) is 5.02 Å². The quantitative estimate of drug-likeness (QED) is 0.740. The number of fused-ring (bicyclic) bond motifs is 2. The van der Waals surface area contributed by atoms with Crippen molar-refractivity contribution in [3.8, 4) is 5.75 Å². The van der Waals surface area contributed by atoms with Crippen LogP contribution >= 0.6 is 11.6 Å². The molecular weight excluding hydrogens is 416 g/mol. The van der Waals surface area contributed by atoms with E-state index in [4.69, 9.17) is 16.3 Å². The summed E-state index contributed by atoms with van der Waals surface area (Å²) in [5.74, 6) is 1.52. The van der Waals surface area contributed by atoms with Crippen LogP contribution < -0.4 is 9.64 Å². The molecule has 164 valence electrons. The Labute approximate surface area is 187 Å². The first-order valence-electron chi connectivity index (χ1n) is 10.8. The number of carbonyl (C=O) groups is 1. The van der Waals surface area contributed by atoms with E-state index in [0.717, 1.165) is 56.6 Å². The van der Waals surface area contributed by atoms with Crippen molar-refractivity contribution in [1.82, 2.24) is 14.9 Å². The predicted octanol–water partition coefficient (Wildman–Crippen LogP) is 2.54. The highest BCUT2D eigenvalue weighted by Gasteiger charge is 2.51. The largest absolute Gasteiger partial charge is 0.489 e. The first-order valence-corrected chi connectivity index (χ1v) is 11.2. The Bertz CT molecular complexity index is 985. The van der Waals surface area contributed by atoms with Crippen molar-refractivity contribution >= 4 is 23.2 Å². The highest BCUT2D eigenvalue weighted by molar-refractivity contribution is 6.31. The lowest BCUT2D eigenvalue weighted by Crippen LogP contribution is -2.48. The van der Waals surface area contributed by atoms with Crippen LogP contribution in [0, 0.1) is 0 Å². The number of carbonyl (C=O) groups excluding carboxylic acids is 1. The topological polar surface area (TPSA) is 78.8 Å². The summed E-state index contributed by atoms with van der Waals surface area (Å²) < 4.78 is 5.84. The summed E-state index contributed by atoms with van der Waals surface area (Å²) in [5, 5.41) is 10.2. The number of likely N-dealkylation sites (tertiary alicyclic amines) is 1. The van der Waals surface area contributed by atoms with Gasteiger partial charge in [0.15, 0.2) is 5.75 Å². The number of anilines is 1. The zero-order valence-electron chi connectivity index (χ0n) is 17.7. The van der Waals surface area contributed by atoms with E-state index in [2.05, 4.69) is 14.9 Å². The van der Waals surface area contributed by atoms with Gasteiger partial charge in [-0.15, -0.1) is 0 Å². The number of aromatic nitrogens is 2. The average Bonchev–Trinajstić information content (AvgIpc) is 3.57. The third-order valence-corrected chi connectivity index (χ3v) is 7.43. The van der Waals surface area contributed by atoms with Gasteiger partial charge in [0.1, 0.15) is 12.4 Å². The zero-order chi connectivity index (χ0) is 21.6. The standard InChI is InChI=1S/C23H27ClN4O3/c1-27-19-3-2-16(24)12-18(19)23(21(27)30)6-8-28(9-7-23)10-11-31-17-13-25-20(26-14-17)22(15-29)4-5-22/h2-3,12-14,29H,4-11,15H2,1H3. The lowest BCUT2D eigenvalue weighted by atomic mass is 9.73. The second-order valence-corrected chi connectivity index (χ2v) is 9.42. The molecule has 31 heavy (non-hydrogen) atoms. The normalized spacial score (nSPS) is 21.4. The van der Waals surface area contributed by atoms with E-state index in [1.165, 1.54) is 0 Å². The van der Waals surface area contributed by atoms with Gasteiger partial charge in [0.05, 0.1) is 29.8 Å². The Morgan fingerprint density at radius 1 is 1.16 bits per heavy atom. The third kappa shape index (κ3) is 3.49. The summed E-state index contributed by atoms with van der Waals surface area (Å²) in [6.45, 7) is 3.09. The SMILES string of the molecule is CN1C(=O)C2(CCN(CCOc3cnc(C4(CO)CC4)nc3)CC2)c2cc(Cl)ccc21. The van der Waals surface area contributed by atoms with E-state index in [1.807, 2.05) is 25.2 Å². The molecule has 2 aliphatic heterocycles. The second-order valence-electron chi connectivity index (χ2n) is 8.98. The van der Waals surface area contributed by atoms with Crippen molar-refractivity contribution < 1.29 is 14.6 Å². The Balaban J connectivity index is 1.16. The monoisotopic (exact) mass is 442 g/mol. The molecule has 1 amide bonds. The van der Waals surface area contributed by atoms with Gasteiger partial charge in [-0.05, 0) is 62.5 Å². The van der Waals surface area contributed by atoms with Crippen molar-refractivity contribution in [3.05, 3.63) is 47.0 Å². The molecule has 0 radical (unpaired) electrons. The minimum absolute atomic E-state index is 0.0959. The average molecular weight is 443 g/mol. The van der Waals surface area contributed by atoms with Crippen LogP contribution in [0.5, 0.6) is 5.75 Å². The molecule has 2 fully saturated rings.